The molecular weight excluding hydrogens is 426 g/mol. The van der Waals surface area contributed by atoms with Crippen molar-refractivity contribution >= 4 is 23.3 Å². The van der Waals surface area contributed by atoms with Crippen LogP contribution in [0.15, 0.2) is 80.4 Å². The first-order valence-electron chi connectivity index (χ1n) is 6.71. The van der Waals surface area contributed by atoms with Gasteiger partial charge in [0, 0.05) is 11.6 Å². The van der Waals surface area contributed by atoms with Crippen molar-refractivity contribution in [1.29, 1.82) is 0 Å². The molecule has 11 nitrogen and oxygen atoms in total. The number of nitrogens with one attached hydrogen (secondary N) is 1. The third-order valence-electron chi connectivity index (χ3n) is 1.72. The Balaban J connectivity index is -0.0000000833. The zero-order valence-electron chi connectivity index (χ0n) is 12.9. The van der Waals surface area contributed by atoms with Crippen LogP contribution < -0.4 is 5.43 Å². The third kappa shape index (κ3) is 29.7. The normalized spacial score (nSPS) is 8.53. The van der Waals surface area contributed by atoms with Gasteiger partial charge in [-0.15, -0.1) is 0 Å². The van der Waals surface area contributed by atoms with Crippen LogP contribution in [0.25, 0.3) is 0 Å². The predicted molar refractivity (Wildman–Crippen MR) is 124 cm³/mol. The smallest absolute Gasteiger partial charge is 0.123 e. The molecule has 0 fully saturated rings. The predicted octanol–water partition coefficient (Wildman–Crippen LogP) is 5.56. The van der Waals surface area contributed by atoms with E-state index in [-0.39, 0.29) is 37.1 Å². The van der Waals surface area contributed by atoms with Gasteiger partial charge in [0.15, 0.2) is 0 Å². The molecule has 0 aliphatic carbocycles. The topological polar surface area (TPSA) is 140 Å². The zero-order valence-corrected chi connectivity index (χ0v) is 14.5. The average molecular weight is 462 g/mol. The minimum absolute atomic E-state index is 0. The van der Waals surface area contributed by atoms with Crippen LogP contribution >= 0.6 is 23.3 Å². The van der Waals surface area contributed by atoms with Gasteiger partial charge in [-0.05, 0) is 23.7 Å². The van der Waals surface area contributed by atoms with Crippen LogP contribution in [0.2, 0.25) is 0 Å². The Bertz CT molecular complexity index is 482. The summed E-state index contributed by atoms with van der Waals surface area (Å²) in [4.78, 5) is 0. The molecule has 0 spiro atoms. The summed E-state index contributed by atoms with van der Waals surface area (Å²) in [6, 6.07) is 3.63. The van der Waals surface area contributed by atoms with Crippen molar-refractivity contribution in [2.45, 2.75) is 37.1 Å². The molecule has 1 aliphatic heterocycles. The maximum absolute atomic E-state index is 4.33. The van der Waals surface area contributed by atoms with E-state index in [9.17, 15) is 0 Å². The van der Waals surface area contributed by atoms with E-state index in [1.54, 1.807) is 30.9 Å². The molecule has 4 aromatic heterocycles. The minimum atomic E-state index is 0. The molecule has 30 heavy (non-hydrogen) atoms. The average Bonchev–Trinajstić information content (AvgIpc) is 3.55. The number of aromatic nitrogens is 6. The maximum atomic E-state index is 4.33. The monoisotopic (exact) mass is 461 g/mol. The molecule has 172 valence electrons. The van der Waals surface area contributed by atoms with Gasteiger partial charge in [-0.25, -0.2) is 9.00 Å². The van der Waals surface area contributed by atoms with Crippen LogP contribution in [0.5, 0.6) is 0 Å². The number of rotatable bonds is 0. The summed E-state index contributed by atoms with van der Waals surface area (Å²) >= 11 is 2.68. The third-order valence-corrected chi connectivity index (χ3v) is 2.68. The molecule has 0 saturated heterocycles. The van der Waals surface area contributed by atoms with Gasteiger partial charge in [0.05, 0.1) is 55.8 Å². The van der Waals surface area contributed by atoms with E-state index in [1.165, 1.54) is 41.9 Å². The summed E-state index contributed by atoms with van der Waals surface area (Å²) in [6.07, 6.45) is 11.1. The fourth-order valence-corrected chi connectivity index (χ4v) is 1.50. The van der Waals surface area contributed by atoms with E-state index in [1.807, 2.05) is 11.4 Å². The van der Waals surface area contributed by atoms with Gasteiger partial charge in [-0.3, -0.25) is 5.43 Å². The Morgan fingerprint density at radius 1 is 0.733 bits per heavy atom. The summed E-state index contributed by atoms with van der Waals surface area (Å²) in [6.45, 7) is 1.76. The van der Waals surface area contributed by atoms with Crippen molar-refractivity contribution in [2.75, 3.05) is 13.1 Å². The number of nitrogens with zero attached hydrogens (tertiary/aromatic N) is 8. The number of hydrogen-bond acceptors (Lipinski definition) is 13. The fourth-order valence-electron chi connectivity index (χ4n) is 0.874. The van der Waals surface area contributed by atoms with E-state index in [4.69, 9.17) is 0 Å². The minimum Gasteiger partial charge on any atom is -0.365 e. The first kappa shape index (κ1) is 37.7. The molecule has 4 aromatic rings. The molecular formula is C17H35N9O2S2. The van der Waals surface area contributed by atoms with E-state index >= 15 is 0 Å². The molecule has 0 aromatic carbocycles. The Hall–Kier alpha value is -3.06. The standard InChI is InChI=1S/C3H3NO.C3H3NS.C2H5N3.C2H2N2O.C2H2N2S.5CH4/c5*1-2-4-5-3-1;;;;;/h2*1-3H;1-2H2,(H,3,4);2*1-2H;5*1H4. The van der Waals surface area contributed by atoms with Gasteiger partial charge in [0.2, 0.25) is 0 Å². The lowest BCUT2D eigenvalue weighted by atomic mass is 10.7. The van der Waals surface area contributed by atoms with Crippen LogP contribution in [0.1, 0.15) is 37.1 Å². The van der Waals surface area contributed by atoms with Gasteiger partial charge in [-0.2, -0.15) is 13.9 Å². The maximum Gasteiger partial charge on any atom is 0.123 e. The molecule has 5 heterocycles. The largest absolute Gasteiger partial charge is 0.365 e. The summed E-state index contributed by atoms with van der Waals surface area (Å²) < 4.78 is 19.5. The Labute approximate surface area is 188 Å². The Kier molecular flexibility index (Phi) is 42.1. The highest BCUT2D eigenvalue weighted by atomic mass is 32.1. The zero-order chi connectivity index (χ0) is 17.7. The highest BCUT2D eigenvalue weighted by Crippen LogP contribution is 1.84. The lowest BCUT2D eigenvalue weighted by Gasteiger charge is -1.72. The second-order valence-corrected chi connectivity index (χ2v) is 4.71. The van der Waals surface area contributed by atoms with Crippen molar-refractivity contribution in [3.05, 3.63) is 61.0 Å². The highest BCUT2D eigenvalue weighted by molar-refractivity contribution is 7.03. The first-order valence-corrected chi connectivity index (χ1v) is 8.28. The van der Waals surface area contributed by atoms with Crippen LogP contribution in [0.4, 0.5) is 0 Å². The van der Waals surface area contributed by atoms with Crippen LogP contribution in [-0.2, 0) is 0 Å². The van der Waals surface area contributed by atoms with Crippen molar-refractivity contribution < 1.29 is 9.15 Å². The van der Waals surface area contributed by atoms with Crippen molar-refractivity contribution in [3.63, 3.8) is 0 Å². The SMILES string of the molecule is C.C.C.C.C.C1CNN=N1.c1cnoc1.c1cnon1.c1cnsc1.c1cnsn1. The van der Waals surface area contributed by atoms with Gasteiger partial charge in [0.1, 0.15) is 6.26 Å². The van der Waals surface area contributed by atoms with Crippen LogP contribution in [-0.4, -0.2) is 41.7 Å². The summed E-state index contributed by atoms with van der Waals surface area (Å²) in [7, 11) is 0. The molecule has 0 saturated carbocycles. The highest BCUT2D eigenvalue weighted by Gasteiger charge is 1.84. The van der Waals surface area contributed by atoms with E-state index < -0.39 is 0 Å². The second-order valence-electron chi connectivity index (χ2n) is 3.43. The first-order chi connectivity index (χ1) is 12.5. The summed E-state index contributed by atoms with van der Waals surface area (Å²) in [5.74, 6) is 0. The van der Waals surface area contributed by atoms with E-state index in [0.717, 1.165) is 13.1 Å². The molecule has 1 aliphatic rings. The summed E-state index contributed by atoms with van der Waals surface area (Å²) in [5, 5.41) is 18.8. The molecule has 0 atom stereocenters. The Morgan fingerprint density at radius 2 is 1.43 bits per heavy atom. The molecule has 5 rings (SSSR count). The fraction of sp³-hybridized carbons (Fsp3) is 0.412. The van der Waals surface area contributed by atoms with Crippen molar-refractivity contribution in [3.8, 4) is 0 Å². The van der Waals surface area contributed by atoms with Crippen molar-refractivity contribution in [2.24, 2.45) is 10.3 Å². The molecule has 0 amide bonds. The van der Waals surface area contributed by atoms with Gasteiger partial charge < -0.3 is 4.52 Å². The van der Waals surface area contributed by atoms with E-state index in [2.05, 4.69) is 53.5 Å². The lowest BCUT2D eigenvalue weighted by molar-refractivity contribution is 0.307. The molecule has 0 radical (unpaired) electrons. The van der Waals surface area contributed by atoms with Crippen LogP contribution in [0.3, 0.4) is 0 Å². The van der Waals surface area contributed by atoms with Gasteiger partial charge in [0.25, 0.3) is 0 Å². The lowest BCUT2D eigenvalue weighted by Crippen LogP contribution is -1.99. The van der Waals surface area contributed by atoms with Crippen molar-refractivity contribution in [1.82, 2.24) is 34.0 Å². The second kappa shape index (κ2) is 33.5. The molecule has 1 N–H and O–H groups in total. The number of hydrogen-bond donors (Lipinski definition) is 1. The molecule has 13 heteroatoms. The van der Waals surface area contributed by atoms with E-state index in [0.29, 0.717) is 0 Å². The van der Waals surface area contributed by atoms with Crippen LogP contribution in [0, 0.1) is 0 Å². The van der Waals surface area contributed by atoms with Gasteiger partial charge in [-0.1, -0.05) is 57.8 Å². The summed E-state index contributed by atoms with van der Waals surface area (Å²) in [5.41, 5.74) is 2.68. The van der Waals surface area contributed by atoms with Gasteiger partial charge >= 0.3 is 0 Å². The quantitative estimate of drug-likeness (QED) is 0.356. The Morgan fingerprint density at radius 3 is 1.60 bits per heavy atom. The molecule has 0 bridgehead atoms. The molecule has 0 unspecified atom stereocenters.